The van der Waals surface area contributed by atoms with E-state index in [9.17, 15) is 4.79 Å². The number of carbonyl (C=O) groups is 1. The van der Waals surface area contributed by atoms with Crippen molar-refractivity contribution < 1.29 is 19.2 Å². The van der Waals surface area contributed by atoms with E-state index >= 15 is 0 Å². The third-order valence-corrected chi connectivity index (χ3v) is 6.43. The molecule has 4 rings (SSSR count). The van der Waals surface area contributed by atoms with Gasteiger partial charge in [-0.05, 0) is 24.3 Å². The van der Waals surface area contributed by atoms with Crippen molar-refractivity contribution in [3.63, 3.8) is 0 Å². The van der Waals surface area contributed by atoms with Gasteiger partial charge in [-0.1, -0.05) is 18.2 Å². The Kier molecular flexibility index (Phi) is 6.43. The Hall–Kier alpha value is -2.73. The third kappa shape index (κ3) is 4.38. The highest BCUT2D eigenvalue weighted by molar-refractivity contribution is 5.77. The van der Waals surface area contributed by atoms with Crippen LogP contribution in [0, 0.1) is 0 Å². The topological polar surface area (TPSA) is 46.5 Å². The zero-order valence-corrected chi connectivity index (χ0v) is 18.0. The van der Waals surface area contributed by atoms with Gasteiger partial charge in [0.1, 0.15) is 17.5 Å². The summed E-state index contributed by atoms with van der Waals surface area (Å²) in [6, 6.07) is 16.8. The number of hydrogen-bond donors (Lipinski definition) is 1. The van der Waals surface area contributed by atoms with Crippen LogP contribution < -0.4 is 19.3 Å². The van der Waals surface area contributed by atoms with Gasteiger partial charge in [-0.15, -0.1) is 0 Å². The first kappa shape index (κ1) is 20.5. The van der Waals surface area contributed by atoms with Crippen LogP contribution in [0.1, 0.15) is 24.4 Å². The van der Waals surface area contributed by atoms with E-state index in [4.69, 9.17) is 9.47 Å². The van der Waals surface area contributed by atoms with Crippen molar-refractivity contribution in [1.29, 1.82) is 0 Å². The van der Waals surface area contributed by atoms with Gasteiger partial charge in [0.15, 0.2) is 6.54 Å². The number of quaternary nitrogens is 1. The van der Waals surface area contributed by atoms with Crippen LogP contribution >= 0.6 is 0 Å². The number of rotatable bonds is 6. The Morgan fingerprint density at radius 2 is 1.80 bits per heavy atom. The highest BCUT2D eigenvalue weighted by Crippen LogP contribution is 2.31. The minimum atomic E-state index is 0.261. The molecule has 1 unspecified atom stereocenters. The lowest BCUT2D eigenvalue weighted by Crippen LogP contribution is -3.11. The molecule has 160 valence electrons. The Morgan fingerprint density at radius 3 is 2.50 bits per heavy atom. The maximum atomic E-state index is 13.1. The summed E-state index contributed by atoms with van der Waals surface area (Å²) in [6.07, 6.45) is 2.21. The lowest BCUT2D eigenvalue weighted by molar-refractivity contribution is -0.910. The fraction of sp³-hybridized carbons (Fsp3) is 0.458. The fourth-order valence-electron chi connectivity index (χ4n) is 4.76. The molecule has 2 fully saturated rings. The summed E-state index contributed by atoms with van der Waals surface area (Å²) in [4.78, 5) is 18.8. The Bertz CT molecular complexity index is 850. The molecule has 30 heavy (non-hydrogen) atoms. The second kappa shape index (κ2) is 9.39. The summed E-state index contributed by atoms with van der Waals surface area (Å²) in [6.45, 7) is 4.93. The Balaban J connectivity index is 1.37. The quantitative estimate of drug-likeness (QED) is 0.789. The molecule has 2 aliphatic rings. The smallest absolute Gasteiger partial charge is 0.277 e. The summed E-state index contributed by atoms with van der Waals surface area (Å²) in [5.74, 6) is 1.90. The molecule has 6 nitrogen and oxygen atoms in total. The molecule has 2 aliphatic heterocycles. The number of nitrogens with zero attached hydrogens (tertiary/aromatic N) is 2. The van der Waals surface area contributed by atoms with Crippen molar-refractivity contribution in [3.8, 4) is 11.5 Å². The predicted octanol–water partition coefficient (Wildman–Crippen LogP) is 1.77. The molecular formula is C24H32N3O3+. The number of benzene rings is 2. The first-order valence-electron chi connectivity index (χ1n) is 10.8. The molecule has 2 aromatic rings. The van der Waals surface area contributed by atoms with Gasteiger partial charge >= 0.3 is 0 Å². The number of methoxy groups -OCH3 is 2. The zero-order chi connectivity index (χ0) is 20.9. The maximum absolute atomic E-state index is 13.1. The molecule has 1 amide bonds. The van der Waals surface area contributed by atoms with Gasteiger partial charge in [-0.3, -0.25) is 4.79 Å². The highest BCUT2D eigenvalue weighted by Gasteiger charge is 2.35. The predicted molar refractivity (Wildman–Crippen MR) is 117 cm³/mol. The molecule has 0 aromatic heterocycles. The first-order chi connectivity index (χ1) is 14.7. The number of hydrogen-bond acceptors (Lipinski definition) is 4. The van der Waals surface area contributed by atoms with Crippen LogP contribution in [0.3, 0.4) is 0 Å². The van der Waals surface area contributed by atoms with Gasteiger partial charge in [-0.2, -0.15) is 0 Å². The molecule has 0 bridgehead atoms. The summed E-state index contributed by atoms with van der Waals surface area (Å²) in [5, 5.41) is 0. The van der Waals surface area contributed by atoms with Crippen LogP contribution in [0.2, 0.25) is 0 Å². The van der Waals surface area contributed by atoms with E-state index in [0.717, 1.165) is 57.1 Å². The van der Waals surface area contributed by atoms with E-state index < -0.39 is 0 Å². The second-order valence-electron chi connectivity index (χ2n) is 8.09. The lowest BCUT2D eigenvalue weighted by Gasteiger charge is -2.36. The van der Waals surface area contributed by atoms with Crippen LogP contribution in [-0.2, 0) is 4.79 Å². The van der Waals surface area contributed by atoms with Crippen molar-refractivity contribution in [2.24, 2.45) is 0 Å². The molecule has 0 radical (unpaired) electrons. The zero-order valence-electron chi connectivity index (χ0n) is 18.0. The van der Waals surface area contributed by atoms with Crippen molar-refractivity contribution in [2.75, 3.05) is 58.4 Å². The number of nitrogens with one attached hydrogen (secondary N) is 1. The molecule has 2 atom stereocenters. The highest BCUT2D eigenvalue weighted by atomic mass is 16.5. The van der Waals surface area contributed by atoms with Crippen molar-refractivity contribution in [2.45, 2.75) is 18.9 Å². The number of anilines is 1. The minimum absolute atomic E-state index is 0.261. The van der Waals surface area contributed by atoms with Gasteiger partial charge in [-0.25, -0.2) is 0 Å². The van der Waals surface area contributed by atoms with E-state index in [1.165, 1.54) is 16.2 Å². The SMILES string of the molecule is COc1ccc([C@@H]2CCC[NH+]2CC(=O)N2CCN(c3ccccc3)CC2)c(OC)c1. The van der Waals surface area contributed by atoms with Gasteiger partial charge < -0.3 is 24.2 Å². The molecule has 0 aliphatic carbocycles. The van der Waals surface area contributed by atoms with Gasteiger partial charge in [0.05, 0.1) is 26.3 Å². The van der Waals surface area contributed by atoms with Gasteiger partial charge in [0.25, 0.3) is 5.91 Å². The number of carbonyl (C=O) groups excluding carboxylic acids is 1. The van der Waals surface area contributed by atoms with E-state index in [2.05, 4.69) is 35.2 Å². The number of amides is 1. The number of ether oxygens (including phenoxy) is 2. The Morgan fingerprint density at radius 1 is 1.03 bits per heavy atom. The van der Waals surface area contributed by atoms with Gasteiger partial charge in [0.2, 0.25) is 0 Å². The summed E-state index contributed by atoms with van der Waals surface area (Å²) >= 11 is 0. The molecule has 6 heteroatoms. The molecule has 1 N–H and O–H groups in total. The standard InChI is InChI=1S/C24H31N3O3/c1-29-20-10-11-21(23(17-20)30-2)22-9-6-12-27(22)18-24(28)26-15-13-25(14-16-26)19-7-4-3-5-8-19/h3-5,7-8,10-11,17,22H,6,9,12-16,18H2,1-2H3/p+1/t22-/m0/s1. The number of likely N-dealkylation sites (tertiary alicyclic amines) is 1. The van der Waals surface area contributed by atoms with Crippen molar-refractivity contribution in [1.82, 2.24) is 4.90 Å². The van der Waals surface area contributed by atoms with Crippen LogP contribution in [-0.4, -0.2) is 64.3 Å². The lowest BCUT2D eigenvalue weighted by atomic mass is 10.0. The molecule has 2 saturated heterocycles. The third-order valence-electron chi connectivity index (χ3n) is 6.43. The summed E-state index contributed by atoms with van der Waals surface area (Å²) in [7, 11) is 3.36. The summed E-state index contributed by atoms with van der Waals surface area (Å²) in [5.41, 5.74) is 2.41. The molecule has 2 heterocycles. The van der Waals surface area contributed by atoms with E-state index in [1.807, 2.05) is 23.1 Å². The monoisotopic (exact) mass is 410 g/mol. The van der Waals surface area contributed by atoms with Gasteiger partial charge in [0, 0.05) is 50.8 Å². The largest absolute Gasteiger partial charge is 0.497 e. The van der Waals surface area contributed by atoms with Crippen molar-refractivity contribution >= 4 is 11.6 Å². The number of para-hydroxylation sites is 1. The molecule has 0 saturated carbocycles. The summed E-state index contributed by atoms with van der Waals surface area (Å²) < 4.78 is 11.0. The van der Waals surface area contributed by atoms with Crippen LogP contribution in [0.15, 0.2) is 48.5 Å². The van der Waals surface area contributed by atoms with Crippen LogP contribution in [0.4, 0.5) is 5.69 Å². The molecule has 2 aromatic carbocycles. The van der Waals surface area contributed by atoms with Crippen LogP contribution in [0.5, 0.6) is 11.5 Å². The number of piperazine rings is 1. The van der Waals surface area contributed by atoms with E-state index in [-0.39, 0.29) is 5.91 Å². The average molecular weight is 411 g/mol. The average Bonchev–Trinajstić information content (AvgIpc) is 3.27. The van der Waals surface area contributed by atoms with E-state index in [0.29, 0.717) is 12.6 Å². The first-order valence-corrected chi connectivity index (χ1v) is 10.8. The molecular weight excluding hydrogens is 378 g/mol. The maximum Gasteiger partial charge on any atom is 0.277 e. The van der Waals surface area contributed by atoms with Crippen molar-refractivity contribution in [3.05, 3.63) is 54.1 Å². The fourth-order valence-corrected chi connectivity index (χ4v) is 4.76. The minimum Gasteiger partial charge on any atom is -0.497 e. The molecule has 0 spiro atoms. The van der Waals surface area contributed by atoms with Crippen LogP contribution in [0.25, 0.3) is 0 Å². The van der Waals surface area contributed by atoms with E-state index in [1.54, 1.807) is 14.2 Å². The Labute approximate surface area is 179 Å². The normalized spacial score (nSPS) is 21.5. The second-order valence-corrected chi connectivity index (χ2v) is 8.09.